The lowest BCUT2D eigenvalue weighted by atomic mass is 9.84. The number of aliphatic hydroxyl groups excluding tert-OH is 1. The number of carbonyl (C=O) groups is 5. The Hall–Kier alpha value is -3.85. The molecule has 0 spiro atoms. The third kappa shape index (κ3) is 6.11. The molecule has 3 atom stereocenters. The fourth-order valence-electron chi connectivity index (χ4n) is 4.19. The first-order valence-electron chi connectivity index (χ1n) is 12.2. The summed E-state index contributed by atoms with van der Waals surface area (Å²) in [6.07, 6.45) is 4.26. The summed E-state index contributed by atoms with van der Waals surface area (Å²) in [6.45, 7) is 6.43. The lowest BCUT2D eigenvalue weighted by molar-refractivity contribution is -0.147. The number of nitrogens with one attached hydrogen (secondary N) is 1. The molecule has 9 nitrogen and oxygen atoms in total. The molecule has 1 amide bonds. The van der Waals surface area contributed by atoms with Gasteiger partial charge in [0.1, 0.15) is 18.0 Å². The van der Waals surface area contributed by atoms with Crippen molar-refractivity contribution in [3.8, 4) is 5.75 Å². The van der Waals surface area contributed by atoms with Gasteiger partial charge >= 0.3 is 5.97 Å². The summed E-state index contributed by atoms with van der Waals surface area (Å²) in [5.74, 6) is -3.67. The van der Waals surface area contributed by atoms with Crippen LogP contribution in [0.3, 0.4) is 0 Å². The predicted octanol–water partition coefficient (Wildman–Crippen LogP) is 3.27. The van der Waals surface area contributed by atoms with Gasteiger partial charge in [-0.15, -0.1) is 0 Å². The van der Waals surface area contributed by atoms with E-state index in [0.29, 0.717) is 12.8 Å². The number of Topliss-reactive ketones (excluding diaryl/α,β-unsaturated/α-hetero) is 2. The molecule has 37 heavy (non-hydrogen) atoms. The average Bonchev–Trinajstić information content (AvgIpc) is 2.85. The molecule has 1 aromatic rings. The van der Waals surface area contributed by atoms with E-state index < -0.39 is 41.4 Å². The Kier molecular flexibility index (Phi) is 8.60. The van der Waals surface area contributed by atoms with Crippen LogP contribution in [0.4, 0.5) is 0 Å². The van der Waals surface area contributed by atoms with E-state index in [1.54, 1.807) is 6.08 Å². The van der Waals surface area contributed by atoms with Gasteiger partial charge in [-0.2, -0.15) is 0 Å². The van der Waals surface area contributed by atoms with E-state index in [-0.39, 0.29) is 58.0 Å². The van der Waals surface area contributed by atoms with Crippen molar-refractivity contribution in [2.24, 2.45) is 5.92 Å². The highest BCUT2D eigenvalue weighted by molar-refractivity contribution is 6.28. The second kappa shape index (κ2) is 11.5. The third-order valence-corrected chi connectivity index (χ3v) is 6.59. The Balaban J connectivity index is 2.06. The van der Waals surface area contributed by atoms with E-state index in [1.807, 2.05) is 6.92 Å². The quantitative estimate of drug-likeness (QED) is 0.386. The molecule has 0 fully saturated rings. The summed E-state index contributed by atoms with van der Waals surface area (Å²) in [4.78, 5) is 64.2. The van der Waals surface area contributed by atoms with Crippen LogP contribution in [0.5, 0.6) is 5.75 Å². The molecule has 0 aromatic heterocycles. The van der Waals surface area contributed by atoms with Crippen LogP contribution in [0.25, 0.3) is 0 Å². The molecular formula is C28H31NO8. The standard InChI is InChI=1S/C28H31NO8/c1-5-17-7-9-20(30)16(4)37-28(36)14(2)6-11-23(33)29-19-13-22(32)24-18(27(19)35)12-15(3)26(34)25(24)21(31)10-8-17/h6-7,9,12-13,16-17,20,30,34H,5,8,10-11H2,1-4H3,(H,29,33)/b9-7-,14-6-/t16-,17?,20-/m0/s1. The maximum atomic E-state index is 13.2. The Bertz CT molecular complexity index is 1250. The van der Waals surface area contributed by atoms with Gasteiger partial charge in [-0.3, -0.25) is 19.2 Å². The molecule has 1 aromatic carbocycles. The number of carbonyl (C=O) groups excluding carboxylic acids is 5. The number of aromatic hydroxyl groups is 1. The lowest BCUT2D eigenvalue weighted by Crippen LogP contribution is -2.32. The largest absolute Gasteiger partial charge is 0.507 e. The SMILES string of the molecule is CCC1/C=C\[C@H](O)[C@H](C)OC(=O)/C(C)=C\CC(=O)NC2=CC(=O)c3c(cc(C)c(O)c3C(=O)CC1)C2=O. The minimum absolute atomic E-state index is 0.0221. The number of amides is 1. The zero-order valence-electron chi connectivity index (χ0n) is 21.3. The van der Waals surface area contributed by atoms with Crippen molar-refractivity contribution < 1.29 is 38.9 Å². The number of hydrogen-bond acceptors (Lipinski definition) is 8. The highest BCUT2D eigenvalue weighted by Crippen LogP contribution is 2.34. The maximum absolute atomic E-state index is 13.2. The highest BCUT2D eigenvalue weighted by Gasteiger charge is 2.33. The number of fused-ring (bicyclic) bond motifs is 13. The molecular weight excluding hydrogens is 478 g/mol. The monoisotopic (exact) mass is 509 g/mol. The summed E-state index contributed by atoms with van der Waals surface area (Å²) in [7, 11) is 0. The molecule has 2 heterocycles. The Labute approximate surface area is 214 Å². The van der Waals surface area contributed by atoms with Crippen LogP contribution in [0, 0.1) is 12.8 Å². The number of rotatable bonds is 1. The Morgan fingerprint density at radius 1 is 1.08 bits per heavy atom. The number of ketones is 3. The topological polar surface area (TPSA) is 147 Å². The number of aryl methyl sites for hydroxylation is 1. The summed E-state index contributed by atoms with van der Waals surface area (Å²) in [5, 5.41) is 23.5. The van der Waals surface area contributed by atoms with Crippen molar-refractivity contribution in [3.05, 3.63) is 63.9 Å². The maximum Gasteiger partial charge on any atom is 0.333 e. The van der Waals surface area contributed by atoms with Crippen molar-refractivity contribution in [2.45, 2.75) is 65.6 Å². The molecule has 9 heteroatoms. The number of allylic oxidation sites excluding steroid dienone is 3. The van der Waals surface area contributed by atoms with Gasteiger partial charge in [0.15, 0.2) is 11.6 Å². The minimum Gasteiger partial charge on any atom is -0.507 e. The number of phenols is 1. The molecule has 4 bridgehead atoms. The van der Waals surface area contributed by atoms with E-state index in [2.05, 4.69) is 5.32 Å². The third-order valence-electron chi connectivity index (χ3n) is 6.59. The van der Waals surface area contributed by atoms with Gasteiger partial charge in [0, 0.05) is 35.6 Å². The van der Waals surface area contributed by atoms with Crippen molar-refractivity contribution in [2.75, 3.05) is 0 Å². The van der Waals surface area contributed by atoms with Crippen LogP contribution in [0.2, 0.25) is 0 Å². The smallest absolute Gasteiger partial charge is 0.333 e. The summed E-state index contributed by atoms with van der Waals surface area (Å²) >= 11 is 0. The molecule has 0 radical (unpaired) electrons. The van der Waals surface area contributed by atoms with Crippen molar-refractivity contribution in [3.63, 3.8) is 0 Å². The predicted molar refractivity (Wildman–Crippen MR) is 134 cm³/mol. The van der Waals surface area contributed by atoms with E-state index in [1.165, 1.54) is 39.0 Å². The minimum atomic E-state index is -1.09. The molecule has 196 valence electrons. The number of esters is 1. The van der Waals surface area contributed by atoms with Gasteiger partial charge in [0.05, 0.1) is 11.3 Å². The van der Waals surface area contributed by atoms with Crippen LogP contribution in [0.1, 0.15) is 83.1 Å². The molecule has 0 saturated carbocycles. The number of ether oxygens (including phenoxy) is 1. The fourth-order valence-corrected chi connectivity index (χ4v) is 4.19. The van der Waals surface area contributed by atoms with E-state index in [4.69, 9.17) is 4.74 Å². The number of benzene rings is 1. The highest BCUT2D eigenvalue weighted by atomic mass is 16.6. The average molecular weight is 510 g/mol. The number of hydrogen-bond donors (Lipinski definition) is 3. The van der Waals surface area contributed by atoms with Crippen LogP contribution in [-0.2, 0) is 14.3 Å². The van der Waals surface area contributed by atoms with Crippen molar-refractivity contribution in [1.29, 1.82) is 0 Å². The van der Waals surface area contributed by atoms with Gasteiger partial charge in [-0.25, -0.2) is 4.79 Å². The first-order chi connectivity index (χ1) is 17.4. The molecule has 0 saturated heterocycles. The molecule has 2 aliphatic heterocycles. The number of phenolic OH excluding ortho intramolecular Hbond substituents is 1. The second-order valence-electron chi connectivity index (χ2n) is 9.35. The van der Waals surface area contributed by atoms with Gasteiger partial charge in [-0.05, 0) is 51.2 Å². The zero-order chi connectivity index (χ0) is 27.4. The van der Waals surface area contributed by atoms with Gasteiger partial charge in [0.25, 0.3) is 0 Å². The molecule has 4 rings (SSSR count). The molecule has 3 N–H and O–H groups in total. The van der Waals surface area contributed by atoms with Gasteiger partial charge in [-0.1, -0.05) is 25.2 Å². The van der Waals surface area contributed by atoms with Crippen LogP contribution in [-0.4, -0.2) is 51.6 Å². The Morgan fingerprint density at radius 3 is 2.46 bits per heavy atom. The summed E-state index contributed by atoms with van der Waals surface area (Å²) < 4.78 is 5.28. The zero-order valence-corrected chi connectivity index (χ0v) is 21.3. The number of aliphatic hydroxyl groups is 1. The van der Waals surface area contributed by atoms with Crippen LogP contribution < -0.4 is 5.32 Å². The Morgan fingerprint density at radius 2 is 1.78 bits per heavy atom. The van der Waals surface area contributed by atoms with Gasteiger partial charge < -0.3 is 20.3 Å². The van der Waals surface area contributed by atoms with Crippen LogP contribution in [0.15, 0.2) is 41.6 Å². The fraction of sp³-hybridized carbons (Fsp3) is 0.393. The molecule has 1 aliphatic carbocycles. The van der Waals surface area contributed by atoms with E-state index >= 15 is 0 Å². The van der Waals surface area contributed by atoms with Crippen LogP contribution >= 0.6 is 0 Å². The summed E-state index contributed by atoms with van der Waals surface area (Å²) in [5.41, 5.74) is -0.339. The van der Waals surface area contributed by atoms with Gasteiger partial charge in [0.2, 0.25) is 11.7 Å². The van der Waals surface area contributed by atoms with E-state index in [9.17, 15) is 34.2 Å². The lowest BCUT2D eigenvalue weighted by Gasteiger charge is -2.21. The van der Waals surface area contributed by atoms with E-state index in [0.717, 1.165) is 6.08 Å². The first-order valence-corrected chi connectivity index (χ1v) is 12.2. The van der Waals surface area contributed by atoms with Crippen molar-refractivity contribution >= 4 is 29.2 Å². The molecule has 1 unspecified atom stereocenters. The molecule has 3 aliphatic rings. The van der Waals surface area contributed by atoms with Crippen molar-refractivity contribution in [1.82, 2.24) is 5.32 Å². The normalized spacial score (nSPS) is 26.1. The summed E-state index contributed by atoms with van der Waals surface area (Å²) in [6, 6.07) is 1.33. The first kappa shape index (κ1) is 27.7. The second-order valence-corrected chi connectivity index (χ2v) is 9.35.